The second-order valence-corrected chi connectivity index (χ2v) is 3.52. The Bertz CT molecular complexity index is 282. The van der Waals surface area contributed by atoms with Crippen molar-refractivity contribution < 1.29 is 9.47 Å². The van der Waals surface area contributed by atoms with Gasteiger partial charge in [0, 0.05) is 18.7 Å². The van der Waals surface area contributed by atoms with Gasteiger partial charge in [-0.1, -0.05) is 0 Å². The molecule has 0 saturated heterocycles. The zero-order valence-corrected chi connectivity index (χ0v) is 9.34. The topological polar surface area (TPSA) is 18.5 Å². The highest BCUT2D eigenvalue weighted by Gasteiger charge is 2.04. The molecule has 0 spiro atoms. The van der Waals surface area contributed by atoms with Crippen molar-refractivity contribution in [2.24, 2.45) is 0 Å². The Morgan fingerprint density at radius 3 is 2.50 bits per heavy atom. The van der Waals surface area contributed by atoms with E-state index in [0.717, 1.165) is 10.6 Å². The zero-order chi connectivity index (χ0) is 10.4. The summed E-state index contributed by atoms with van der Waals surface area (Å²) in [6.07, 6.45) is -0.196. The molecule has 0 aliphatic carbocycles. The van der Waals surface area contributed by atoms with Crippen molar-refractivity contribution in [3.63, 3.8) is 0 Å². The Morgan fingerprint density at radius 1 is 1.36 bits per heavy atom. The Balaban J connectivity index is 2.55. The highest BCUT2D eigenvalue weighted by molar-refractivity contribution is 7.76. The molecule has 76 valence electrons. The number of benzene rings is 1. The van der Waals surface area contributed by atoms with Crippen LogP contribution in [0.2, 0.25) is 0 Å². The van der Waals surface area contributed by atoms with Gasteiger partial charge in [0.05, 0.1) is 0 Å². The third-order valence-electron chi connectivity index (χ3n) is 1.69. The highest BCUT2D eigenvalue weighted by Crippen LogP contribution is 2.14. The number of hydrogen-bond donors (Lipinski definition) is 0. The standard InChI is InChI=1S/C11H15O2S/c1-4-12-9(2)13-10-5-7-11(14-3)8-6-10/h5-9H,3-4H2,1-2H3/q+1. The molecule has 1 rings (SSSR count). The van der Waals surface area contributed by atoms with Gasteiger partial charge in [-0.25, -0.2) is 0 Å². The molecule has 0 heterocycles. The average Bonchev–Trinajstić information content (AvgIpc) is 2.19. The van der Waals surface area contributed by atoms with Crippen LogP contribution in [0.5, 0.6) is 5.75 Å². The van der Waals surface area contributed by atoms with Crippen LogP contribution in [0.4, 0.5) is 0 Å². The van der Waals surface area contributed by atoms with Gasteiger partial charge < -0.3 is 9.47 Å². The first-order valence-electron chi connectivity index (χ1n) is 4.56. The molecule has 0 amide bonds. The van der Waals surface area contributed by atoms with Gasteiger partial charge >= 0.3 is 0 Å². The molecule has 1 aromatic carbocycles. The van der Waals surface area contributed by atoms with E-state index in [-0.39, 0.29) is 6.29 Å². The average molecular weight is 211 g/mol. The highest BCUT2D eigenvalue weighted by atomic mass is 32.1. The number of hydrogen-bond acceptors (Lipinski definition) is 2. The molecule has 0 fully saturated rings. The largest absolute Gasteiger partial charge is 0.465 e. The van der Waals surface area contributed by atoms with Crippen molar-refractivity contribution in [1.29, 1.82) is 0 Å². The minimum atomic E-state index is -0.196. The molecule has 14 heavy (non-hydrogen) atoms. The predicted octanol–water partition coefficient (Wildman–Crippen LogP) is 2.32. The Morgan fingerprint density at radius 2 is 2.00 bits per heavy atom. The van der Waals surface area contributed by atoms with Crippen LogP contribution in [0.1, 0.15) is 13.8 Å². The SMILES string of the molecule is C=[S+]c1ccc(OC(C)OCC)cc1. The molecular formula is C11H15O2S+. The Kier molecular flexibility index (Phi) is 4.56. The quantitative estimate of drug-likeness (QED) is 0.423. The maximum absolute atomic E-state index is 5.50. The van der Waals surface area contributed by atoms with E-state index in [9.17, 15) is 0 Å². The second-order valence-electron chi connectivity index (χ2n) is 2.76. The van der Waals surface area contributed by atoms with Gasteiger partial charge in [-0.2, -0.15) is 0 Å². The zero-order valence-electron chi connectivity index (χ0n) is 8.53. The first kappa shape index (κ1) is 11.1. The molecule has 0 N–H and O–H groups in total. The van der Waals surface area contributed by atoms with E-state index in [0.29, 0.717) is 6.61 Å². The molecule has 3 heteroatoms. The van der Waals surface area contributed by atoms with Crippen LogP contribution in [0.3, 0.4) is 0 Å². The van der Waals surface area contributed by atoms with E-state index in [1.807, 2.05) is 38.1 Å². The van der Waals surface area contributed by atoms with Crippen molar-refractivity contribution >= 4 is 17.2 Å². The molecular weight excluding hydrogens is 196 g/mol. The molecule has 0 aliphatic heterocycles. The minimum Gasteiger partial charge on any atom is -0.465 e. The third kappa shape index (κ3) is 3.44. The molecule has 0 aliphatic rings. The summed E-state index contributed by atoms with van der Waals surface area (Å²) in [5.74, 6) is 4.55. The minimum absolute atomic E-state index is 0.196. The van der Waals surface area contributed by atoms with Crippen LogP contribution in [0, 0.1) is 0 Å². The van der Waals surface area contributed by atoms with Crippen molar-refractivity contribution in [3.05, 3.63) is 24.3 Å². The van der Waals surface area contributed by atoms with Crippen LogP contribution in [-0.2, 0) is 16.1 Å². The van der Waals surface area contributed by atoms with E-state index in [2.05, 4.69) is 5.87 Å². The monoisotopic (exact) mass is 211 g/mol. The van der Waals surface area contributed by atoms with Crippen molar-refractivity contribution in [2.45, 2.75) is 25.0 Å². The molecule has 1 aromatic rings. The second kappa shape index (κ2) is 5.73. The molecule has 0 aromatic heterocycles. The Hall–Kier alpha value is -0.930. The van der Waals surface area contributed by atoms with E-state index >= 15 is 0 Å². The molecule has 2 nitrogen and oxygen atoms in total. The summed E-state index contributed by atoms with van der Waals surface area (Å²) in [6.45, 7) is 4.49. The molecule has 0 saturated carbocycles. The Labute approximate surface area is 88.8 Å². The number of ether oxygens (including phenoxy) is 2. The molecule has 1 unspecified atom stereocenters. The molecule has 0 radical (unpaired) electrons. The lowest BCUT2D eigenvalue weighted by atomic mass is 10.3. The van der Waals surface area contributed by atoms with Gasteiger partial charge in [-0.3, -0.25) is 0 Å². The van der Waals surface area contributed by atoms with Crippen molar-refractivity contribution in [1.82, 2.24) is 0 Å². The third-order valence-corrected chi connectivity index (χ3v) is 2.30. The van der Waals surface area contributed by atoms with Gasteiger partial charge in [0.1, 0.15) is 5.75 Å². The summed E-state index contributed by atoms with van der Waals surface area (Å²) in [4.78, 5) is 1.13. The molecule has 1 atom stereocenters. The lowest BCUT2D eigenvalue weighted by Crippen LogP contribution is -2.15. The van der Waals surface area contributed by atoms with Crippen LogP contribution >= 0.6 is 0 Å². The smallest absolute Gasteiger partial charge is 0.230 e. The van der Waals surface area contributed by atoms with Gasteiger partial charge in [-0.15, -0.1) is 0 Å². The van der Waals surface area contributed by atoms with Gasteiger partial charge in [0.25, 0.3) is 0 Å². The van der Waals surface area contributed by atoms with Crippen LogP contribution in [-0.4, -0.2) is 18.8 Å². The summed E-state index contributed by atoms with van der Waals surface area (Å²) in [7, 11) is 0. The maximum atomic E-state index is 5.50. The first-order valence-corrected chi connectivity index (χ1v) is 5.55. The van der Waals surface area contributed by atoms with Gasteiger partial charge in [-0.05, 0) is 26.0 Å². The van der Waals surface area contributed by atoms with Crippen molar-refractivity contribution in [3.8, 4) is 5.75 Å². The summed E-state index contributed by atoms with van der Waals surface area (Å²) in [6, 6.07) is 7.80. The maximum Gasteiger partial charge on any atom is 0.230 e. The van der Waals surface area contributed by atoms with Gasteiger partial charge in [0.15, 0.2) is 12.2 Å². The summed E-state index contributed by atoms with van der Waals surface area (Å²) in [5, 5.41) is 0. The van der Waals surface area contributed by atoms with E-state index < -0.39 is 0 Å². The van der Waals surface area contributed by atoms with E-state index in [1.165, 1.54) is 11.4 Å². The summed E-state index contributed by atoms with van der Waals surface area (Å²) in [5.41, 5.74) is 0. The fourth-order valence-corrected chi connectivity index (χ4v) is 1.40. The van der Waals surface area contributed by atoms with Crippen LogP contribution in [0.15, 0.2) is 29.2 Å². The lowest BCUT2D eigenvalue weighted by molar-refractivity contribution is -0.0613. The normalized spacial score (nSPS) is 12.1. The first-order chi connectivity index (χ1) is 6.76. The summed E-state index contributed by atoms with van der Waals surface area (Å²) < 4.78 is 10.8. The van der Waals surface area contributed by atoms with Gasteiger partial charge in [0.2, 0.25) is 16.2 Å². The van der Waals surface area contributed by atoms with E-state index in [1.54, 1.807) is 0 Å². The fourth-order valence-electron chi connectivity index (χ4n) is 1.07. The van der Waals surface area contributed by atoms with E-state index in [4.69, 9.17) is 9.47 Å². The predicted molar refractivity (Wildman–Crippen MR) is 60.9 cm³/mol. The van der Waals surface area contributed by atoms with Crippen LogP contribution in [0.25, 0.3) is 0 Å². The number of rotatable bonds is 5. The lowest BCUT2D eigenvalue weighted by Gasteiger charge is -2.13. The summed E-state index contributed by atoms with van der Waals surface area (Å²) >= 11 is 1.47. The van der Waals surface area contributed by atoms with Crippen molar-refractivity contribution in [2.75, 3.05) is 6.61 Å². The molecule has 0 bridgehead atoms. The fraction of sp³-hybridized carbons (Fsp3) is 0.364. The van der Waals surface area contributed by atoms with Crippen LogP contribution < -0.4 is 4.74 Å².